The van der Waals surface area contributed by atoms with Crippen LogP contribution in [0.25, 0.3) is 0 Å². The number of carbonyl (C=O) groups excluding carboxylic acids is 1. The second-order valence-electron chi connectivity index (χ2n) is 5.25. The second kappa shape index (κ2) is 5.88. The van der Waals surface area contributed by atoms with E-state index < -0.39 is 23.7 Å². The van der Waals surface area contributed by atoms with Crippen molar-refractivity contribution in [1.29, 1.82) is 0 Å². The minimum atomic E-state index is -5.06. The van der Waals surface area contributed by atoms with E-state index in [0.717, 1.165) is 19.3 Å². The lowest BCUT2D eigenvalue weighted by Gasteiger charge is -2.30. The van der Waals surface area contributed by atoms with Gasteiger partial charge < -0.3 is 15.3 Å². The van der Waals surface area contributed by atoms with Gasteiger partial charge in [-0.05, 0) is 25.7 Å². The van der Waals surface area contributed by atoms with Crippen LogP contribution in [0.4, 0.5) is 18.0 Å². The maximum absolute atomic E-state index is 12.8. The van der Waals surface area contributed by atoms with E-state index in [1.54, 1.807) is 5.32 Å². The fourth-order valence-corrected chi connectivity index (χ4v) is 2.20. The van der Waals surface area contributed by atoms with Gasteiger partial charge in [0.1, 0.15) is 0 Å². The Morgan fingerprint density at radius 2 is 2.00 bits per heavy atom. The molecule has 20 heavy (non-hydrogen) atoms. The maximum atomic E-state index is 12.8. The minimum Gasteiger partial charge on any atom is -0.479 e. The van der Waals surface area contributed by atoms with E-state index in [1.165, 1.54) is 4.90 Å². The van der Waals surface area contributed by atoms with Crippen molar-refractivity contribution in [1.82, 2.24) is 10.2 Å². The van der Waals surface area contributed by atoms with E-state index in [9.17, 15) is 22.8 Å². The third-order valence-corrected chi connectivity index (χ3v) is 3.62. The Hall–Kier alpha value is -1.47. The molecule has 1 aliphatic heterocycles. The van der Waals surface area contributed by atoms with Crippen molar-refractivity contribution >= 4 is 12.0 Å². The summed E-state index contributed by atoms with van der Waals surface area (Å²) in [5.74, 6) is -1.85. The number of carboxylic acid groups (broad SMARTS) is 1. The lowest BCUT2D eigenvalue weighted by atomic mass is 10.0. The molecule has 1 saturated heterocycles. The van der Waals surface area contributed by atoms with Crippen LogP contribution in [-0.4, -0.2) is 46.8 Å². The minimum absolute atomic E-state index is 0.271. The van der Waals surface area contributed by atoms with Crippen LogP contribution in [-0.2, 0) is 4.79 Å². The van der Waals surface area contributed by atoms with Crippen molar-refractivity contribution in [2.75, 3.05) is 13.1 Å². The molecule has 0 bridgehead atoms. The maximum Gasteiger partial charge on any atom is 0.422 e. The van der Waals surface area contributed by atoms with Crippen LogP contribution < -0.4 is 5.32 Å². The van der Waals surface area contributed by atoms with Crippen molar-refractivity contribution in [3.63, 3.8) is 0 Å². The first-order valence-corrected chi connectivity index (χ1v) is 6.49. The van der Waals surface area contributed by atoms with Crippen molar-refractivity contribution in [3.05, 3.63) is 0 Å². The first-order valence-electron chi connectivity index (χ1n) is 6.49. The van der Waals surface area contributed by atoms with E-state index in [0.29, 0.717) is 20.0 Å². The van der Waals surface area contributed by atoms with Crippen molar-refractivity contribution in [3.8, 4) is 0 Å². The van der Waals surface area contributed by atoms with Gasteiger partial charge in [0.05, 0.1) is 0 Å². The van der Waals surface area contributed by atoms with Gasteiger partial charge in [0.15, 0.2) is 0 Å². The van der Waals surface area contributed by atoms with Crippen LogP contribution in [0.15, 0.2) is 0 Å². The Bertz CT molecular complexity index is 387. The summed E-state index contributed by atoms with van der Waals surface area (Å²) in [6.07, 6.45) is -2.48. The van der Waals surface area contributed by atoms with E-state index in [1.807, 2.05) is 6.92 Å². The monoisotopic (exact) mass is 296 g/mol. The molecule has 0 radical (unpaired) electrons. The quantitative estimate of drug-likeness (QED) is 0.835. The largest absolute Gasteiger partial charge is 0.479 e. The van der Waals surface area contributed by atoms with Gasteiger partial charge in [-0.15, -0.1) is 0 Å². The number of aliphatic carboxylic acids is 1. The van der Waals surface area contributed by atoms with Crippen LogP contribution in [0, 0.1) is 5.92 Å². The third kappa shape index (κ3) is 3.34. The first-order chi connectivity index (χ1) is 9.11. The topological polar surface area (TPSA) is 69.6 Å². The number of amides is 2. The zero-order valence-corrected chi connectivity index (χ0v) is 11.5. The van der Waals surface area contributed by atoms with E-state index in [4.69, 9.17) is 5.11 Å². The Kier molecular flexibility index (Phi) is 4.88. The summed E-state index contributed by atoms with van der Waals surface area (Å²) in [5, 5.41) is 10.3. The summed E-state index contributed by atoms with van der Waals surface area (Å²) >= 11 is 0. The van der Waals surface area contributed by atoms with Crippen LogP contribution in [0.1, 0.15) is 33.1 Å². The van der Waals surface area contributed by atoms with Crippen LogP contribution in [0.5, 0.6) is 0 Å². The lowest BCUT2D eigenvalue weighted by molar-refractivity contribution is -0.203. The summed E-state index contributed by atoms with van der Waals surface area (Å²) in [5.41, 5.74) is -3.27. The fraction of sp³-hybridized carbons (Fsp3) is 0.833. The van der Waals surface area contributed by atoms with Crippen LogP contribution in [0.2, 0.25) is 0 Å². The first kappa shape index (κ1) is 16.6. The number of hydrogen-bond donors (Lipinski definition) is 2. The van der Waals surface area contributed by atoms with Crippen molar-refractivity contribution in [2.45, 2.75) is 44.8 Å². The van der Waals surface area contributed by atoms with E-state index in [-0.39, 0.29) is 5.92 Å². The highest BCUT2D eigenvalue weighted by Gasteiger charge is 2.59. The molecule has 0 saturated carbocycles. The Balaban J connectivity index is 2.72. The standard InChI is InChI=1S/C12H19F3N2O3/c1-3-4-8-5-6-17(7-8)10(20)16-11(2,9(18)19)12(13,14)15/h8H,3-7H2,1-2H3,(H,16,20)(H,18,19). The zero-order valence-electron chi connectivity index (χ0n) is 11.5. The lowest BCUT2D eigenvalue weighted by Crippen LogP contribution is -2.63. The molecule has 2 unspecified atom stereocenters. The van der Waals surface area contributed by atoms with Gasteiger partial charge in [0.25, 0.3) is 0 Å². The molecule has 1 rings (SSSR count). The number of halogens is 3. The highest BCUT2D eigenvalue weighted by Crippen LogP contribution is 2.31. The molecule has 0 aromatic heterocycles. The zero-order chi connectivity index (χ0) is 15.6. The van der Waals surface area contributed by atoms with Crippen LogP contribution in [0.3, 0.4) is 0 Å². The smallest absolute Gasteiger partial charge is 0.422 e. The summed E-state index contributed by atoms with van der Waals surface area (Å²) in [4.78, 5) is 23.9. The van der Waals surface area contributed by atoms with Gasteiger partial charge >= 0.3 is 18.2 Å². The molecule has 0 aromatic rings. The second-order valence-corrected chi connectivity index (χ2v) is 5.25. The Morgan fingerprint density at radius 1 is 1.40 bits per heavy atom. The molecule has 2 atom stereocenters. The molecule has 1 aliphatic rings. The van der Waals surface area contributed by atoms with Gasteiger partial charge in [0, 0.05) is 13.1 Å². The number of urea groups is 1. The third-order valence-electron chi connectivity index (χ3n) is 3.62. The van der Waals surface area contributed by atoms with Crippen molar-refractivity contribution in [2.24, 2.45) is 5.92 Å². The average Bonchev–Trinajstić information content (AvgIpc) is 2.76. The van der Waals surface area contributed by atoms with Gasteiger partial charge in [-0.25, -0.2) is 9.59 Å². The predicted octanol–water partition coefficient (Wildman–Crippen LogP) is 2.22. The molecule has 0 aromatic carbocycles. The molecule has 2 N–H and O–H groups in total. The molecule has 116 valence electrons. The number of carboxylic acids is 1. The predicted molar refractivity (Wildman–Crippen MR) is 65.2 cm³/mol. The molecular formula is C12H19F3N2O3. The molecule has 0 spiro atoms. The summed E-state index contributed by atoms with van der Waals surface area (Å²) in [6.45, 7) is 3.16. The highest BCUT2D eigenvalue weighted by atomic mass is 19.4. The number of nitrogens with one attached hydrogen (secondary N) is 1. The summed E-state index contributed by atoms with van der Waals surface area (Å²) < 4.78 is 38.4. The highest BCUT2D eigenvalue weighted by molar-refractivity contribution is 5.86. The molecule has 5 nitrogen and oxygen atoms in total. The molecular weight excluding hydrogens is 277 g/mol. The molecule has 8 heteroatoms. The number of alkyl halides is 3. The average molecular weight is 296 g/mol. The van der Waals surface area contributed by atoms with Crippen LogP contribution >= 0.6 is 0 Å². The normalized spacial score (nSPS) is 22.4. The van der Waals surface area contributed by atoms with Gasteiger partial charge in [0.2, 0.25) is 5.54 Å². The van der Waals surface area contributed by atoms with Gasteiger partial charge in [-0.2, -0.15) is 13.2 Å². The number of nitrogens with zero attached hydrogens (tertiary/aromatic N) is 1. The Morgan fingerprint density at radius 3 is 2.45 bits per heavy atom. The van der Waals surface area contributed by atoms with E-state index in [2.05, 4.69) is 0 Å². The number of likely N-dealkylation sites (tertiary alicyclic amines) is 1. The number of hydrogen-bond acceptors (Lipinski definition) is 2. The van der Waals surface area contributed by atoms with Crippen molar-refractivity contribution < 1.29 is 27.9 Å². The molecule has 1 heterocycles. The van der Waals surface area contributed by atoms with Gasteiger partial charge in [-0.3, -0.25) is 0 Å². The van der Waals surface area contributed by atoms with Gasteiger partial charge in [-0.1, -0.05) is 13.3 Å². The summed E-state index contributed by atoms with van der Waals surface area (Å²) in [7, 11) is 0. The molecule has 2 amide bonds. The Labute approximate surface area is 115 Å². The number of carbonyl (C=O) groups is 2. The number of rotatable bonds is 4. The molecule has 1 fully saturated rings. The van der Waals surface area contributed by atoms with E-state index >= 15 is 0 Å². The fourth-order valence-electron chi connectivity index (χ4n) is 2.20. The molecule has 0 aliphatic carbocycles. The summed E-state index contributed by atoms with van der Waals surface area (Å²) in [6, 6.07) is -0.981. The SMILES string of the molecule is CCCC1CCN(C(=O)NC(C)(C(=O)O)C(F)(F)F)C1.